The Morgan fingerprint density at radius 2 is 1.93 bits per heavy atom. The highest BCUT2D eigenvalue weighted by molar-refractivity contribution is 6.06. The molecule has 2 N–H and O–H groups in total. The van der Waals surface area contributed by atoms with Crippen molar-refractivity contribution in [1.29, 1.82) is 0 Å². The van der Waals surface area contributed by atoms with E-state index in [0.717, 1.165) is 0 Å². The average molecular weight is 194 g/mol. The molecule has 1 aromatic carbocycles. The highest BCUT2D eigenvalue weighted by Gasteiger charge is 2.15. The van der Waals surface area contributed by atoms with E-state index in [1.165, 1.54) is 18.2 Å². The second-order valence-corrected chi connectivity index (χ2v) is 2.81. The van der Waals surface area contributed by atoms with Crippen LogP contribution in [-0.4, -0.2) is 22.0 Å². The maximum atomic E-state index is 11.3. The summed E-state index contributed by atoms with van der Waals surface area (Å²) in [5.41, 5.74) is -0.0188. The molecule has 0 radical (unpaired) electrons. The number of rotatable bonds is 3. The van der Waals surface area contributed by atoms with Gasteiger partial charge in [-0.05, 0) is 18.2 Å². The number of ketones is 1. The van der Waals surface area contributed by atoms with Crippen LogP contribution in [-0.2, 0) is 0 Å². The number of aromatic carboxylic acids is 1. The SMILES string of the molecule is CCC(=O)c1cc(O)ccc1C(=O)O. The number of carbonyl (C=O) groups is 2. The predicted octanol–water partition coefficient (Wildman–Crippen LogP) is 1.68. The first kappa shape index (κ1) is 10.2. The molecule has 0 aliphatic rings. The molecular formula is C10H10O4. The molecule has 74 valence electrons. The standard InChI is InChI=1S/C10H10O4/c1-2-9(12)8-5-6(11)3-4-7(8)10(13)14/h3-5,11H,2H2,1H3,(H,13,14). The van der Waals surface area contributed by atoms with Gasteiger partial charge in [-0.15, -0.1) is 0 Å². The van der Waals surface area contributed by atoms with Gasteiger partial charge in [0.15, 0.2) is 5.78 Å². The highest BCUT2D eigenvalue weighted by Crippen LogP contribution is 2.18. The fourth-order valence-electron chi connectivity index (χ4n) is 1.14. The molecule has 0 aliphatic carbocycles. The molecule has 0 unspecified atom stereocenters. The number of Topliss-reactive ketones (excluding diaryl/α,β-unsaturated/α-hetero) is 1. The van der Waals surface area contributed by atoms with Crippen LogP contribution < -0.4 is 0 Å². The molecule has 4 heteroatoms. The fraction of sp³-hybridized carbons (Fsp3) is 0.200. The zero-order chi connectivity index (χ0) is 10.7. The first-order chi connectivity index (χ1) is 6.56. The molecule has 1 aromatic rings. The lowest BCUT2D eigenvalue weighted by atomic mass is 10.0. The second kappa shape index (κ2) is 3.91. The molecule has 0 aromatic heterocycles. The van der Waals surface area contributed by atoms with E-state index >= 15 is 0 Å². The van der Waals surface area contributed by atoms with Crippen LogP contribution in [0.25, 0.3) is 0 Å². The van der Waals surface area contributed by atoms with Gasteiger partial charge in [-0.2, -0.15) is 0 Å². The lowest BCUT2D eigenvalue weighted by Gasteiger charge is -2.03. The molecule has 0 atom stereocenters. The summed E-state index contributed by atoms with van der Waals surface area (Å²) >= 11 is 0. The van der Waals surface area contributed by atoms with E-state index in [1.54, 1.807) is 6.92 Å². The number of carboxylic acids is 1. The third kappa shape index (κ3) is 1.90. The van der Waals surface area contributed by atoms with Gasteiger partial charge in [0.1, 0.15) is 5.75 Å². The molecule has 0 spiro atoms. The smallest absolute Gasteiger partial charge is 0.336 e. The van der Waals surface area contributed by atoms with Crippen molar-refractivity contribution in [3.05, 3.63) is 29.3 Å². The molecule has 4 nitrogen and oxygen atoms in total. The Kier molecular flexibility index (Phi) is 2.86. The zero-order valence-corrected chi connectivity index (χ0v) is 7.65. The summed E-state index contributed by atoms with van der Waals surface area (Å²) in [6.07, 6.45) is 0.212. The molecule has 0 fully saturated rings. The number of carbonyl (C=O) groups excluding carboxylic acids is 1. The van der Waals surface area contributed by atoms with Gasteiger partial charge < -0.3 is 10.2 Å². The number of phenols is 1. The van der Waals surface area contributed by atoms with Crippen LogP contribution in [0, 0.1) is 0 Å². The normalized spacial score (nSPS) is 9.79. The third-order valence-electron chi connectivity index (χ3n) is 1.86. The van der Waals surface area contributed by atoms with E-state index < -0.39 is 5.97 Å². The van der Waals surface area contributed by atoms with Crippen molar-refractivity contribution in [1.82, 2.24) is 0 Å². The molecule has 0 aliphatic heterocycles. The Morgan fingerprint density at radius 3 is 2.43 bits per heavy atom. The highest BCUT2D eigenvalue weighted by atomic mass is 16.4. The Hall–Kier alpha value is -1.84. The van der Waals surface area contributed by atoms with Gasteiger partial charge in [0.05, 0.1) is 5.56 Å². The van der Waals surface area contributed by atoms with Gasteiger partial charge in [-0.1, -0.05) is 6.92 Å². The van der Waals surface area contributed by atoms with Crippen LogP contribution in [0.1, 0.15) is 34.1 Å². The van der Waals surface area contributed by atoms with Gasteiger partial charge in [0, 0.05) is 12.0 Å². The summed E-state index contributed by atoms with van der Waals surface area (Å²) in [7, 11) is 0. The van der Waals surface area contributed by atoms with Crippen molar-refractivity contribution in [2.75, 3.05) is 0 Å². The number of benzene rings is 1. The van der Waals surface area contributed by atoms with Gasteiger partial charge in [-0.25, -0.2) is 4.79 Å². The topological polar surface area (TPSA) is 74.6 Å². The van der Waals surface area contributed by atoms with Crippen molar-refractivity contribution < 1.29 is 19.8 Å². The quantitative estimate of drug-likeness (QED) is 0.718. The van der Waals surface area contributed by atoms with Gasteiger partial charge in [-0.3, -0.25) is 4.79 Å². The Bertz CT molecular complexity index is 382. The molecule has 14 heavy (non-hydrogen) atoms. The van der Waals surface area contributed by atoms with Gasteiger partial charge in [0.2, 0.25) is 0 Å². The maximum Gasteiger partial charge on any atom is 0.336 e. The first-order valence-electron chi connectivity index (χ1n) is 4.15. The molecule has 0 saturated carbocycles. The number of carboxylic acid groups (broad SMARTS) is 1. The van der Waals surface area contributed by atoms with E-state index in [-0.39, 0.29) is 29.1 Å². The maximum absolute atomic E-state index is 11.3. The molecule has 0 bridgehead atoms. The number of aromatic hydroxyl groups is 1. The Balaban J connectivity index is 3.29. The molecule has 1 rings (SSSR count). The molecule has 0 saturated heterocycles. The monoisotopic (exact) mass is 194 g/mol. The lowest BCUT2D eigenvalue weighted by molar-refractivity contribution is 0.0692. The number of phenolic OH excluding ortho intramolecular Hbond substituents is 1. The Labute approximate surface area is 80.8 Å². The minimum atomic E-state index is -1.16. The second-order valence-electron chi connectivity index (χ2n) is 2.81. The molecule has 0 heterocycles. The van der Waals surface area contributed by atoms with E-state index in [4.69, 9.17) is 10.2 Å². The third-order valence-corrected chi connectivity index (χ3v) is 1.86. The van der Waals surface area contributed by atoms with Crippen molar-refractivity contribution in [2.24, 2.45) is 0 Å². The summed E-state index contributed by atoms with van der Waals surface area (Å²) in [5.74, 6) is -1.56. The van der Waals surface area contributed by atoms with Crippen molar-refractivity contribution in [2.45, 2.75) is 13.3 Å². The Morgan fingerprint density at radius 1 is 1.29 bits per heavy atom. The van der Waals surface area contributed by atoms with Crippen molar-refractivity contribution in [3.63, 3.8) is 0 Å². The molecule has 0 amide bonds. The summed E-state index contributed by atoms with van der Waals surface area (Å²) in [4.78, 5) is 22.0. The summed E-state index contributed by atoms with van der Waals surface area (Å²) < 4.78 is 0. The van der Waals surface area contributed by atoms with Crippen LogP contribution in [0.15, 0.2) is 18.2 Å². The van der Waals surface area contributed by atoms with Crippen LogP contribution in [0.4, 0.5) is 0 Å². The van der Waals surface area contributed by atoms with Crippen LogP contribution in [0.3, 0.4) is 0 Å². The van der Waals surface area contributed by atoms with E-state index in [2.05, 4.69) is 0 Å². The fourth-order valence-corrected chi connectivity index (χ4v) is 1.14. The van der Waals surface area contributed by atoms with E-state index in [1.807, 2.05) is 0 Å². The molecular weight excluding hydrogens is 184 g/mol. The lowest BCUT2D eigenvalue weighted by Crippen LogP contribution is -2.07. The van der Waals surface area contributed by atoms with Gasteiger partial charge >= 0.3 is 5.97 Å². The predicted molar refractivity (Wildman–Crippen MR) is 49.7 cm³/mol. The number of hydrogen-bond acceptors (Lipinski definition) is 3. The van der Waals surface area contributed by atoms with Crippen LogP contribution in [0.2, 0.25) is 0 Å². The first-order valence-corrected chi connectivity index (χ1v) is 4.15. The summed E-state index contributed by atoms with van der Waals surface area (Å²) in [6, 6.07) is 3.64. The minimum absolute atomic E-state index is 0.0556. The minimum Gasteiger partial charge on any atom is -0.508 e. The zero-order valence-electron chi connectivity index (χ0n) is 7.65. The van der Waals surface area contributed by atoms with Crippen molar-refractivity contribution >= 4 is 11.8 Å². The number of hydrogen-bond donors (Lipinski definition) is 2. The van der Waals surface area contributed by atoms with E-state index in [0.29, 0.717) is 0 Å². The van der Waals surface area contributed by atoms with E-state index in [9.17, 15) is 9.59 Å². The largest absolute Gasteiger partial charge is 0.508 e. The van der Waals surface area contributed by atoms with Crippen LogP contribution >= 0.6 is 0 Å². The summed E-state index contributed by atoms with van der Waals surface area (Å²) in [5, 5.41) is 17.9. The average Bonchev–Trinajstić information content (AvgIpc) is 2.16. The van der Waals surface area contributed by atoms with Crippen LogP contribution in [0.5, 0.6) is 5.75 Å². The van der Waals surface area contributed by atoms with Gasteiger partial charge in [0.25, 0.3) is 0 Å². The van der Waals surface area contributed by atoms with Crippen molar-refractivity contribution in [3.8, 4) is 5.75 Å². The summed E-state index contributed by atoms with van der Waals surface area (Å²) in [6.45, 7) is 1.64.